The van der Waals surface area contributed by atoms with E-state index in [-0.39, 0.29) is 4.70 Å². The van der Waals surface area contributed by atoms with Crippen molar-refractivity contribution in [2.75, 3.05) is 7.05 Å². The lowest BCUT2D eigenvalue weighted by atomic mass is 10.7. The Morgan fingerprint density at radius 1 is 1.71 bits per heavy atom. The van der Waals surface area contributed by atoms with Crippen LogP contribution in [-0.4, -0.2) is 18.0 Å². The smallest absolute Gasteiger partial charge is 0.144 e. The van der Waals surface area contributed by atoms with Crippen molar-refractivity contribution in [1.29, 1.82) is 0 Å². The monoisotopic (exact) mass is 98.1 g/mol. The summed E-state index contributed by atoms with van der Waals surface area (Å²) in [5.41, 5.74) is 0. The van der Waals surface area contributed by atoms with E-state index in [9.17, 15) is 0 Å². The number of hydrogen-bond donors (Lipinski definition) is 1. The highest BCUT2D eigenvalue weighted by molar-refractivity contribution is 5.71. The average molecular weight is 98.1 g/mol. The van der Waals surface area contributed by atoms with Gasteiger partial charge in [-0.05, 0) is 0 Å². The minimum absolute atomic E-state index is 0.139. The molecule has 2 N–H and O–H groups in total. The van der Waals surface area contributed by atoms with Crippen molar-refractivity contribution in [3.05, 3.63) is 12.3 Å². The zero-order valence-electron chi connectivity index (χ0n) is 4.20. The molecule has 38 valence electrons. The normalized spacial score (nSPS) is 37.4. The van der Waals surface area contributed by atoms with Gasteiger partial charge in [0, 0.05) is 6.08 Å². The van der Waals surface area contributed by atoms with E-state index in [0.717, 1.165) is 0 Å². The summed E-state index contributed by atoms with van der Waals surface area (Å²) in [5.74, 6) is 5.43. The number of nitrogens with two attached hydrogens (primary N) is 1. The fourth-order valence-electron chi connectivity index (χ4n) is 0.433. The molecular formula is C4H8N3+. The summed E-state index contributed by atoms with van der Waals surface area (Å²) in [6.07, 6.45) is 5.29. The SMILES string of the molecule is C[N+]1(N)C=CC=N1. The van der Waals surface area contributed by atoms with Gasteiger partial charge in [-0.2, -0.15) is 0 Å². The van der Waals surface area contributed by atoms with Gasteiger partial charge in [-0.1, -0.05) is 5.10 Å². The van der Waals surface area contributed by atoms with Gasteiger partial charge in [0.15, 0.2) is 0 Å². The van der Waals surface area contributed by atoms with Crippen molar-refractivity contribution in [3.8, 4) is 0 Å². The van der Waals surface area contributed by atoms with E-state index in [1.807, 2.05) is 6.08 Å². The van der Waals surface area contributed by atoms with E-state index in [0.29, 0.717) is 0 Å². The third kappa shape index (κ3) is 0.852. The molecule has 0 saturated carbocycles. The predicted molar refractivity (Wildman–Crippen MR) is 28.0 cm³/mol. The lowest BCUT2D eigenvalue weighted by Gasteiger charge is -2.09. The fourth-order valence-corrected chi connectivity index (χ4v) is 0.433. The zero-order valence-corrected chi connectivity index (χ0v) is 4.20. The third-order valence-corrected chi connectivity index (χ3v) is 0.789. The molecule has 3 nitrogen and oxygen atoms in total. The van der Waals surface area contributed by atoms with Gasteiger partial charge in [-0.15, -0.1) is 10.5 Å². The first-order chi connectivity index (χ1) is 3.21. The number of allylic oxidation sites excluding steroid dienone is 1. The highest BCUT2D eigenvalue weighted by Crippen LogP contribution is 1.98. The first kappa shape index (κ1) is 4.49. The standard InChI is InChI=1S/C4H8N3/c1-7(5)4-2-3-6-7/h2-4H,5H2,1H3/q+1. The number of nitrogens with zero attached hydrogens (tertiary/aromatic N) is 2. The Balaban J connectivity index is 2.77. The van der Waals surface area contributed by atoms with Gasteiger partial charge in [0.1, 0.15) is 13.2 Å². The van der Waals surface area contributed by atoms with Crippen molar-refractivity contribution in [2.24, 2.45) is 10.9 Å². The van der Waals surface area contributed by atoms with Gasteiger partial charge in [0.25, 0.3) is 0 Å². The lowest BCUT2D eigenvalue weighted by molar-refractivity contribution is -0.875. The number of quaternary nitrogens is 1. The third-order valence-electron chi connectivity index (χ3n) is 0.789. The molecular weight excluding hydrogens is 90.1 g/mol. The zero-order chi connectivity index (χ0) is 5.33. The van der Waals surface area contributed by atoms with Crippen LogP contribution in [0.4, 0.5) is 0 Å². The summed E-state index contributed by atoms with van der Waals surface area (Å²) in [6, 6.07) is 0. The van der Waals surface area contributed by atoms with Gasteiger partial charge in [-0.25, -0.2) is 0 Å². The molecule has 1 aliphatic heterocycles. The van der Waals surface area contributed by atoms with Crippen molar-refractivity contribution < 1.29 is 4.70 Å². The molecule has 3 heteroatoms. The van der Waals surface area contributed by atoms with Crippen molar-refractivity contribution in [2.45, 2.75) is 0 Å². The molecule has 0 aromatic heterocycles. The molecule has 0 fully saturated rings. The first-order valence-corrected chi connectivity index (χ1v) is 2.09. The second-order valence-corrected chi connectivity index (χ2v) is 1.70. The number of rotatable bonds is 0. The van der Waals surface area contributed by atoms with E-state index in [4.69, 9.17) is 5.84 Å². The van der Waals surface area contributed by atoms with Crippen LogP contribution in [-0.2, 0) is 0 Å². The summed E-state index contributed by atoms with van der Waals surface area (Å²) in [4.78, 5) is 0. The fraction of sp³-hybridized carbons (Fsp3) is 0.250. The molecule has 0 aromatic carbocycles. The summed E-state index contributed by atoms with van der Waals surface area (Å²) in [6.45, 7) is 0. The Morgan fingerprint density at radius 3 is 2.57 bits per heavy atom. The Morgan fingerprint density at radius 2 is 2.43 bits per heavy atom. The van der Waals surface area contributed by atoms with E-state index >= 15 is 0 Å². The highest BCUT2D eigenvalue weighted by Gasteiger charge is 2.11. The maximum atomic E-state index is 5.43. The summed E-state index contributed by atoms with van der Waals surface area (Å²) in [7, 11) is 1.79. The van der Waals surface area contributed by atoms with Crippen LogP contribution in [0.15, 0.2) is 17.4 Å². The minimum Gasteiger partial charge on any atom is -0.149 e. The van der Waals surface area contributed by atoms with Gasteiger partial charge >= 0.3 is 0 Å². The van der Waals surface area contributed by atoms with Gasteiger partial charge in [0.05, 0.1) is 6.21 Å². The van der Waals surface area contributed by atoms with Crippen LogP contribution >= 0.6 is 0 Å². The molecule has 0 aliphatic carbocycles. The van der Waals surface area contributed by atoms with Crippen LogP contribution < -0.4 is 5.84 Å². The molecule has 0 bridgehead atoms. The van der Waals surface area contributed by atoms with Crippen LogP contribution in [0.25, 0.3) is 0 Å². The Hall–Kier alpha value is -0.670. The molecule has 0 radical (unpaired) electrons. The molecule has 0 spiro atoms. The second-order valence-electron chi connectivity index (χ2n) is 1.70. The van der Waals surface area contributed by atoms with Crippen LogP contribution in [0.1, 0.15) is 0 Å². The average Bonchev–Trinajstić information content (AvgIpc) is 1.84. The first-order valence-electron chi connectivity index (χ1n) is 2.09. The molecule has 1 heterocycles. The Labute approximate surface area is 42.3 Å². The summed E-state index contributed by atoms with van der Waals surface area (Å²) < 4.78 is 0.139. The lowest BCUT2D eigenvalue weighted by Crippen LogP contribution is -2.37. The van der Waals surface area contributed by atoms with E-state index in [2.05, 4.69) is 5.10 Å². The predicted octanol–water partition coefficient (Wildman–Crippen LogP) is -0.180. The molecule has 0 saturated heterocycles. The second kappa shape index (κ2) is 1.15. The molecule has 1 unspecified atom stereocenters. The van der Waals surface area contributed by atoms with Gasteiger partial charge in [0.2, 0.25) is 0 Å². The van der Waals surface area contributed by atoms with Crippen LogP contribution in [0.3, 0.4) is 0 Å². The van der Waals surface area contributed by atoms with E-state index < -0.39 is 0 Å². The highest BCUT2D eigenvalue weighted by atomic mass is 15.8. The van der Waals surface area contributed by atoms with Gasteiger partial charge < -0.3 is 0 Å². The Bertz CT molecular complexity index is 109. The minimum atomic E-state index is 0.139. The number of hydrogen-bond acceptors (Lipinski definition) is 2. The molecule has 1 atom stereocenters. The molecule has 1 rings (SSSR count). The maximum absolute atomic E-state index is 5.43. The summed E-state index contributed by atoms with van der Waals surface area (Å²) >= 11 is 0. The largest absolute Gasteiger partial charge is 0.149 e. The van der Waals surface area contributed by atoms with Crippen molar-refractivity contribution in [1.82, 2.24) is 0 Å². The quantitative estimate of drug-likeness (QED) is 0.331. The van der Waals surface area contributed by atoms with Crippen LogP contribution in [0.2, 0.25) is 0 Å². The summed E-state index contributed by atoms with van der Waals surface area (Å²) in [5, 5.41) is 3.85. The molecule has 1 aliphatic rings. The molecule has 0 amide bonds. The maximum Gasteiger partial charge on any atom is 0.144 e. The van der Waals surface area contributed by atoms with Crippen LogP contribution in [0.5, 0.6) is 0 Å². The van der Waals surface area contributed by atoms with Crippen molar-refractivity contribution >= 4 is 6.21 Å². The molecule has 0 aromatic rings. The van der Waals surface area contributed by atoms with Crippen molar-refractivity contribution in [3.63, 3.8) is 0 Å². The topological polar surface area (TPSA) is 38.4 Å². The van der Waals surface area contributed by atoms with Gasteiger partial charge in [-0.3, -0.25) is 0 Å². The molecule has 7 heavy (non-hydrogen) atoms. The van der Waals surface area contributed by atoms with Crippen LogP contribution in [0, 0.1) is 0 Å². The Kier molecular flexibility index (Phi) is 0.736. The van der Waals surface area contributed by atoms with E-state index in [1.54, 1.807) is 19.5 Å². The van der Waals surface area contributed by atoms with E-state index in [1.165, 1.54) is 0 Å².